The van der Waals surface area contributed by atoms with Crippen molar-refractivity contribution in [2.75, 3.05) is 13.2 Å². The first-order valence-electron chi connectivity index (χ1n) is 15.9. The Labute approximate surface area is 262 Å². The Kier molecular flexibility index (Phi) is 12.0. The Hall–Kier alpha value is -2.62. The van der Waals surface area contributed by atoms with E-state index in [1.54, 1.807) is 0 Å². The summed E-state index contributed by atoms with van der Waals surface area (Å²) in [5, 5.41) is 10.2. The predicted molar refractivity (Wildman–Crippen MR) is 168 cm³/mol. The van der Waals surface area contributed by atoms with Gasteiger partial charge in [-0.05, 0) is 34.4 Å². The maximum atomic E-state index is 10.2. The van der Waals surface area contributed by atoms with Crippen LogP contribution in [0, 0.1) is 23.7 Å². The van der Waals surface area contributed by atoms with E-state index in [0.717, 1.165) is 16.7 Å². The average Bonchev–Trinajstić information content (AvgIpc) is 3.06. The fourth-order valence-corrected chi connectivity index (χ4v) is 6.15. The van der Waals surface area contributed by atoms with Crippen molar-refractivity contribution >= 4 is 0 Å². The minimum Gasteiger partial charge on any atom is -0.394 e. The number of rotatable bonds is 13. The summed E-state index contributed by atoms with van der Waals surface area (Å²) >= 11 is 0. The van der Waals surface area contributed by atoms with Crippen LogP contribution >= 0.6 is 0 Å². The van der Waals surface area contributed by atoms with Gasteiger partial charge < -0.3 is 33.5 Å². The normalized spacial score (nSPS) is 32.4. The summed E-state index contributed by atoms with van der Waals surface area (Å²) in [5.41, 5.74) is 3.28. The quantitative estimate of drug-likeness (QED) is 0.243. The largest absolute Gasteiger partial charge is 0.394 e. The van der Waals surface area contributed by atoms with Gasteiger partial charge in [0.05, 0.1) is 45.2 Å². The molecule has 2 aliphatic heterocycles. The molecule has 0 spiro atoms. The monoisotopic (exact) mass is 604 g/mol. The van der Waals surface area contributed by atoms with Crippen LogP contribution < -0.4 is 0 Å². The molecule has 0 aromatic heterocycles. The molecule has 2 heterocycles. The first-order valence-corrected chi connectivity index (χ1v) is 15.9. The fourth-order valence-electron chi connectivity index (χ4n) is 6.15. The first-order chi connectivity index (χ1) is 21.4. The smallest absolute Gasteiger partial charge is 0.184 e. The van der Waals surface area contributed by atoms with Crippen LogP contribution in [0.25, 0.3) is 0 Å². The second-order valence-corrected chi connectivity index (χ2v) is 12.4. The lowest BCUT2D eigenvalue weighted by Gasteiger charge is -2.49. The third kappa shape index (κ3) is 8.34. The maximum absolute atomic E-state index is 10.2. The Balaban J connectivity index is 1.33. The second kappa shape index (κ2) is 16.1. The Morgan fingerprint density at radius 1 is 0.545 bits per heavy atom. The molecule has 3 aromatic rings. The summed E-state index contributed by atoms with van der Waals surface area (Å²) in [6.45, 7) is 10.2. The Morgan fingerprint density at radius 2 is 1.05 bits per heavy atom. The van der Waals surface area contributed by atoms with Crippen LogP contribution in [0.1, 0.15) is 44.4 Å². The van der Waals surface area contributed by atoms with E-state index >= 15 is 0 Å². The highest BCUT2D eigenvalue weighted by Crippen LogP contribution is 2.39. The molecule has 44 heavy (non-hydrogen) atoms. The molecule has 0 radical (unpaired) electrons. The van der Waals surface area contributed by atoms with Gasteiger partial charge in [-0.2, -0.15) is 0 Å². The topological polar surface area (TPSA) is 75.6 Å². The van der Waals surface area contributed by atoms with Crippen molar-refractivity contribution in [3.63, 3.8) is 0 Å². The van der Waals surface area contributed by atoms with E-state index < -0.39 is 18.7 Å². The van der Waals surface area contributed by atoms with Gasteiger partial charge in [0.25, 0.3) is 0 Å². The molecule has 10 atom stereocenters. The summed E-state index contributed by atoms with van der Waals surface area (Å²) in [6.07, 6.45) is -2.51. The predicted octanol–water partition coefficient (Wildman–Crippen LogP) is 6.38. The average molecular weight is 605 g/mol. The molecule has 7 heteroatoms. The fraction of sp³-hybridized carbons (Fsp3) is 0.514. The number of ether oxygens (including phenoxy) is 6. The van der Waals surface area contributed by atoms with E-state index in [1.807, 2.05) is 66.7 Å². The van der Waals surface area contributed by atoms with Crippen molar-refractivity contribution in [1.82, 2.24) is 0 Å². The van der Waals surface area contributed by atoms with E-state index in [4.69, 9.17) is 28.4 Å². The van der Waals surface area contributed by atoms with Gasteiger partial charge in [-0.3, -0.25) is 0 Å². The zero-order valence-corrected chi connectivity index (χ0v) is 26.4. The van der Waals surface area contributed by atoms with E-state index in [-0.39, 0.29) is 48.6 Å². The van der Waals surface area contributed by atoms with Crippen LogP contribution in [0.2, 0.25) is 0 Å². The van der Waals surface area contributed by atoms with Crippen molar-refractivity contribution in [3.05, 3.63) is 108 Å². The summed E-state index contributed by atoms with van der Waals surface area (Å²) in [7, 11) is 0. The summed E-state index contributed by atoms with van der Waals surface area (Å²) in [6, 6.07) is 30.4. The molecule has 1 N–H and O–H groups in total. The lowest BCUT2D eigenvalue weighted by molar-refractivity contribution is -0.343. The first kappa shape index (κ1) is 32.8. The molecule has 0 amide bonds. The third-order valence-electron chi connectivity index (χ3n) is 9.37. The molecule has 0 aliphatic carbocycles. The highest BCUT2D eigenvalue weighted by Gasteiger charge is 2.48. The van der Waals surface area contributed by atoms with Crippen molar-refractivity contribution < 1.29 is 33.5 Å². The molecule has 0 saturated carbocycles. The number of hydrogen-bond donors (Lipinski definition) is 1. The Bertz CT molecular complexity index is 1230. The van der Waals surface area contributed by atoms with Crippen molar-refractivity contribution in [2.45, 2.75) is 84.5 Å². The molecule has 238 valence electrons. The molecule has 0 bridgehead atoms. The van der Waals surface area contributed by atoms with Crippen LogP contribution in [0.5, 0.6) is 0 Å². The number of benzene rings is 3. The van der Waals surface area contributed by atoms with Crippen molar-refractivity contribution in [3.8, 4) is 0 Å². The molecule has 4 unspecified atom stereocenters. The van der Waals surface area contributed by atoms with Gasteiger partial charge in [-0.15, -0.1) is 0 Å². The highest BCUT2D eigenvalue weighted by atomic mass is 16.7. The van der Waals surface area contributed by atoms with Crippen molar-refractivity contribution in [1.29, 1.82) is 0 Å². The van der Waals surface area contributed by atoms with Crippen molar-refractivity contribution in [2.24, 2.45) is 23.7 Å². The summed E-state index contributed by atoms with van der Waals surface area (Å²) in [5.74, 6) is 0.309. The molecular formula is C37H48O7. The molecule has 5 rings (SSSR count). The Morgan fingerprint density at radius 3 is 1.61 bits per heavy atom. The molecule has 3 aromatic carbocycles. The van der Waals surface area contributed by atoms with Gasteiger partial charge in [0.15, 0.2) is 12.6 Å². The summed E-state index contributed by atoms with van der Waals surface area (Å²) < 4.78 is 39.0. The van der Waals surface area contributed by atoms with E-state index in [1.165, 1.54) is 0 Å². The van der Waals surface area contributed by atoms with E-state index in [2.05, 4.69) is 52.0 Å². The van der Waals surface area contributed by atoms with Gasteiger partial charge in [0.1, 0.15) is 12.2 Å². The van der Waals surface area contributed by atoms with Crippen LogP contribution in [0.4, 0.5) is 0 Å². The van der Waals surface area contributed by atoms with E-state index in [0.29, 0.717) is 26.4 Å². The number of aliphatic hydroxyl groups excluding tert-OH is 1. The molecule has 2 fully saturated rings. The maximum Gasteiger partial charge on any atom is 0.184 e. The standard InChI is InChI=1S/C37H48O7/c1-25-26(2)35(40-22-30-16-10-6-11-17-30)37(42-32(25)20-38)44-34-27(3)28(4)36(41-23-31-18-12-7-13-19-31)43-33(34)24-39-21-29-14-8-5-9-15-29/h5-19,25-28,32-38H,20-24H2,1-4H3/t25-,26-,27+,28?,32?,33?,34-,35?,36+,37-/m0/s1. The van der Waals surface area contributed by atoms with Crippen LogP contribution in [0.3, 0.4) is 0 Å². The van der Waals surface area contributed by atoms with Gasteiger partial charge in [0.2, 0.25) is 0 Å². The molecule has 2 saturated heterocycles. The third-order valence-corrected chi connectivity index (χ3v) is 9.37. The van der Waals surface area contributed by atoms with Gasteiger partial charge in [-0.1, -0.05) is 119 Å². The lowest BCUT2D eigenvalue weighted by Crippen LogP contribution is -2.58. The minimum absolute atomic E-state index is 0.0475. The van der Waals surface area contributed by atoms with E-state index in [9.17, 15) is 5.11 Å². The van der Waals surface area contributed by atoms with Crippen LogP contribution in [-0.2, 0) is 48.2 Å². The molecular weight excluding hydrogens is 556 g/mol. The van der Waals surface area contributed by atoms with Gasteiger partial charge in [0, 0.05) is 5.92 Å². The minimum atomic E-state index is -0.677. The second-order valence-electron chi connectivity index (χ2n) is 12.4. The SMILES string of the molecule is CC1[C@H](OCc2ccccc2)OC(COCc2ccccc2)[C@@H](O[C@@H]2OC(CO)[C@@H](C)[C@H](C)C2OCc2ccccc2)[C@@H]1C. The van der Waals surface area contributed by atoms with Crippen LogP contribution in [-0.4, -0.2) is 55.3 Å². The number of hydrogen-bond acceptors (Lipinski definition) is 7. The van der Waals surface area contributed by atoms with Gasteiger partial charge >= 0.3 is 0 Å². The zero-order valence-electron chi connectivity index (χ0n) is 26.4. The lowest BCUT2D eigenvalue weighted by atomic mass is 9.82. The van der Waals surface area contributed by atoms with Gasteiger partial charge in [-0.25, -0.2) is 0 Å². The number of aliphatic hydroxyl groups is 1. The van der Waals surface area contributed by atoms with Crippen LogP contribution in [0.15, 0.2) is 91.0 Å². The molecule has 7 nitrogen and oxygen atoms in total. The highest BCUT2D eigenvalue weighted by molar-refractivity contribution is 5.15. The zero-order chi connectivity index (χ0) is 30.9. The molecule has 2 aliphatic rings. The summed E-state index contributed by atoms with van der Waals surface area (Å²) in [4.78, 5) is 0.